The molecule has 2 rings (SSSR count). The molecule has 0 fully saturated rings. The van der Waals surface area contributed by atoms with Gasteiger partial charge in [-0.2, -0.15) is 0 Å². The van der Waals surface area contributed by atoms with Crippen LogP contribution < -0.4 is 11.1 Å². The first-order chi connectivity index (χ1) is 11.0. The second kappa shape index (κ2) is 7.31. The maximum Gasteiger partial charge on any atom is 0.248 e. The van der Waals surface area contributed by atoms with Crippen LogP contribution in [0.3, 0.4) is 0 Å². The Hall–Kier alpha value is -3.02. The quantitative estimate of drug-likeness (QED) is 0.803. The summed E-state index contributed by atoms with van der Waals surface area (Å²) in [4.78, 5) is 34.6. The van der Waals surface area contributed by atoms with E-state index < -0.39 is 17.5 Å². The zero-order valence-electron chi connectivity index (χ0n) is 12.2. The molecule has 0 heterocycles. The molecule has 0 atom stereocenters. The van der Waals surface area contributed by atoms with E-state index in [1.165, 1.54) is 42.5 Å². The third-order valence-corrected chi connectivity index (χ3v) is 3.21. The second-order valence-electron chi connectivity index (χ2n) is 4.89. The normalized spacial score (nSPS) is 10.1. The van der Waals surface area contributed by atoms with Gasteiger partial charge in [-0.05, 0) is 36.4 Å². The summed E-state index contributed by atoms with van der Waals surface area (Å²) in [5.41, 5.74) is 5.91. The van der Waals surface area contributed by atoms with E-state index >= 15 is 0 Å². The van der Waals surface area contributed by atoms with Gasteiger partial charge in [-0.25, -0.2) is 4.39 Å². The van der Waals surface area contributed by atoms with Gasteiger partial charge in [-0.15, -0.1) is 0 Å². The number of halogens is 1. The lowest BCUT2D eigenvalue weighted by molar-refractivity contribution is -0.116. The van der Waals surface area contributed by atoms with Gasteiger partial charge < -0.3 is 11.1 Å². The van der Waals surface area contributed by atoms with E-state index in [0.717, 1.165) is 0 Å². The lowest BCUT2D eigenvalue weighted by Crippen LogP contribution is -2.14. The van der Waals surface area contributed by atoms with Crippen LogP contribution in [0.5, 0.6) is 0 Å². The van der Waals surface area contributed by atoms with Crippen molar-refractivity contribution in [3.05, 3.63) is 65.5 Å². The number of nitrogens with two attached hydrogens (primary N) is 1. The highest BCUT2D eigenvalue weighted by Gasteiger charge is 2.13. The molecular weight excluding hydrogens is 299 g/mol. The Bertz CT molecular complexity index is 742. The molecular formula is C17H15FN2O3. The van der Waals surface area contributed by atoms with Crippen LogP contribution in [-0.2, 0) is 4.79 Å². The van der Waals surface area contributed by atoms with Gasteiger partial charge in [0.25, 0.3) is 0 Å². The molecule has 0 bridgehead atoms. The summed E-state index contributed by atoms with van der Waals surface area (Å²) in [5.74, 6) is -1.96. The van der Waals surface area contributed by atoms with E-state index in [9.17, 15) is 18.8 Å². The molecule has 0 aromatic heterocycles. The van der Waals surface area contributed by atoms with Crippen molar-refractivity contribution in [1.29, 1.82) is 0 Å². The molecule has 2 aromatic carbocycles. The number of primary amides is 1. The van der Waals surface area contributed by atoms with Crippen molar-refractivity contribution in [2.45, 2.75) is 12.8 Å². The number of ketones is 1. The van der Waals surface area contributed by atoms with Gasteiger partial charge in [-0.1, -0.05) is 12.1 Å². The first-order valence-corrected chi connectivity index (χ1v) is 6.95. The predicted molar refractivity (Wildman–Crippen MR) is 83.6 cm³/mol. The van der Waals surface area contributed by atoms with Gasteiger partial charge >= 0.3 is 0 Å². The Kier molecular flexibility index (Phi) is 5.19. The van der Waals surface area contributed by atoms with Crippen molar-refractivity contribution in [1.82, 2.24) is 0 Å². The Balaban J connectivity index is 1.89. The molecule has 0 aliphatic carbocycles. The minimum Gasteiger partial charge on any atom is -0.366 e. The van der Waals surface area contributed by atoms with Gasteiger partial charge in [0.05, 0.1) is 5.56 Å². The van der Waals surface area contributed by atoms with Crippen LogP contribution in [0.4, 0.5) is 10.1 Å². The summed E-state index contributed by atoms with van der Waals surface area (Å²) < 4.78 is 13.5. The number of Topliss-reactive ketones (excluding diaryl/α,β-unsaturated/α-hetero) is 1. The van der Waals surface area contributed by atoms with E-state index in [0.29, 0.717) is 11.3 Å². The number of hydrogen-bond donors (Lipinski definition) is 2. The first kappa shape index (κ1) is 16.4. The third kappa shape index (κ3) is 4.47. The molecule has 0 aliphatic rings. The molecule has 0 saturated carbocycles. The topological polar surface area (TPSA) is 89.3 Å². The average Bonchev–Trinajstić information content (AvgIpc) is 2.53. The van der Waals surface area contributed by atoms with Crippen LogP contribution in [0.25, 0.3) is 0 Å². The summed E-state index contributed by atoms with van der Waals surface area (Å²) in [6, 6.07) is 11.7. The molecule has 3 N–H and O–H groups in total. The maximum absolute atomic E-state index is 13.5. The molecule has 118 valence electrons. The Morgan fingerprint density at radius 1 is 0.957 bits per heavy atom. The number of carbonyl (C=O) groups excluding carboxylic acids is 3. The Morgan fingerprint density at radius 3 is 2.22 bits per heavy atom. The number of nitrogens with one attached hydrogen (secondary N) is 1. The summed E-state index contributed by atoms with van der Waals surface area (Å²) in [6.45, 7) is 0. The van der Waals surface area contributed by atoms with Crippen molar-refractivity contribution in [3.8, 4) is 0 Å². The molecule has 2 aromatic rings. The SMILES string of the molecule is NC(=O)c1ccc(NC(=O)CCC(=O)c2ccccc2F)cc1. The molecule has 23 heavy (non-hydrogen) atoms. The van der Waals surface area contributed by atoms with Crippen molar-refractivity contribution in [3.63, 3.8) is 0 Å². The molecule has 0 unspecified atom stereocenters. The fourth-order valence-electron chi connectivity index (χ4n) is 1.99. The van der Waals surface area contributed by atoms with Crippen LogP contribution in [0.1, 0.15) is 33.6 Å². The number of hydrogen-bond acceptors (Lipinski definition) is 3. The number of carbonyl (C=O) groups is 3. The average molecular weight is 314 g/mol. The molecule has 0 saturated heterocycles. The van der Waals surface area contributed by atoms with Crippen LogP contribution in [-0.4, -0.2) is 17.6 Å². The van der Waals surface area contributed by atoms with Crippen LogP contribution in [0, 0.1) is 5.82 Å². The van der Waals surface area contributed by atoms with Crippen molar-refractivity contribution in [2.75, 3.05) is 5.32 Å². The van der Waals surface area contributed by atoms with Gasteiger partial charge in [-0.3, -0.25) is 14.4 Å². The van der Waals surface area contributed by atoms with Gasteiger partial charge in [0.1, 0.15) is 5.82 Å². The lowest BCUT2D eigenvalue weighted by atomic mass is 10.1. The van der Waals surface area contributed by atoms with Crippen molar-refractivity contribution in [2.24, 2.45) is 5.73 Å². The first-order valence-electron chi connectivity index (χ1n) is 6.95. The van der Waals surface area contributed by atoms with Crippen molar-refractivity contribution >= 4 is 23.3 Å². The van der Waals surface area contributed by atoms with E-state index in [1.54, 1.807) is 6.07 Å². The fraction of sp³-hybridized carbons (Fsp3) is 0.118. The molecule has 2 amide bonds. The third-order valence-electron chi connectivity index (χ3n) is 3.21. The summed E-state index contributed by atoms with van der Waals surface area (Å²) in [7, 11) is 0. The molecule has 0 radical (unpaired) electrons. The molecule has 0 aliphatic heterocycles. The standard InChI is InChI=1S/C17H15FN2O3/c18-14-4-2-1-3-13(14)15(21)9-10-16(22)20-12-7-5-11(6-8-12)17(19)23/h1-8H,9-10H2,(H2,19,23)(H,20,22). The van der Waals surface area contributed by atoms with E-state index in [2.05, 4.69) is 5.32 Å². The number of amides is 2. The highest BCUT2D eigenvalue weighted by Crippen LogP contribution is 2.12. The van der Waals surface area contributed by atoms with E-state index in [1.807, 2.05) is 0 Å². The fourth-order valence-corrected chi connectivity index (χ4v) is 1.99. The maximum atomic E-state index is 13.5. The summed E-state index contributed by atoms with van der Waals surface area (Å²) in [6.07, 6.45) is -0.156. The minimum atomic E-state index is -0.597. The van der Waals surface area contributed by atoms with Crippen LogP contribution in [0.2, 0.25) is 0 Å². The second-order valence-corrected chi connectivity index (χ2v) is 4.89. The summed E-state index contributed by atoms with van der Waals surface area (Å²) in [5, 5.41) is 2.59. The smallest absolute Gasteiger partial charge is 0.248 e. The molecule has 5 nitrogen and oxygen atoms in total. The Morgan fingerprint density at radius 2 is 1.61 bits per heavy atom. The molecule has 6 heteroatoms. The monoisotopic (exact) mass is 314 g/mol. The van der Waals surface area contributed by atoms with E-state index in [4.69, 9.17) is 5.73 Å². The highest BCUT2D eigenvalue weighted by molar-refractivity contribution is 6.00. The van der Waals surface area contributed by atoms with Crippen molar-refractivity contribution < 1.29 is 18.8 Å². The number of anilines is 1. The zero-order chi connectivity index (χ0) is 16.8. The highest BCUT2D eigenvalue weighted by atomic mass is 19.1. The number of benzene rings is 2. The molecule has 0 spiro atoms. The zero-order valence-corrected chi connectivity index (χ0v) is 12.2. The van der Waals surface area contributed by atoms with Crippen LogP contribution in [0.15, 0.2) is 48.5 Å². The van der Waals surface area contributed by atoms with E-state index in [-0.39, 0.29) is 24.3 Å². The van der Waals surface area contributed by atoms with Gasteiger partial charge in [0.2, 0.25) is 11.8 Å². The largest absolute Gasteiger partial charge is 0.366 e. The van der Waals surface area contributed by atoms with Gasteiger partial charge in [0, 0.05) is 24.1 Å². The minimum absolute atomic E-state index is 0.0221. The summed E-state index contributed by atoms with van der Waals surface area (Å²) >= 11 is 0. The predicted octanol–water partition coefficient (Wildman–Crippen LogP) is 2.53. The van der Waals surface area contributed by atoms with Crippen LogP contribution >= 0.6 is 0 Å². The lowest BCUT2D eigenvalue weighted by Gasteiger charge is -2.06. The number of rotatable bonds is 6. The Labute approximate surface area is 132 Å². The van der Waals surface area contributed by atoms with Gasteiger partial charge in [0.15, 0.2) is 5.78 Å².